The molecule has 0 aromatic heterocycles. The minimum absolute atomic E-state index is 0.0601. The Morgan fingerprint density at radius 3 is 2.63 bits per heavy atom. The summed E-state index contributed by atoms with van der Waals surface area (Å²) in [6.07, 6.45) is 1.36. The van der Waals surface area contributed by atoms with Crippen molar-refractivity contribution in [3.63, 3.8) is 0 Å². The molecule has 2 rings (SSSR count). The zero-order valence-electron chi connectivity index (χ0n) is 14.7. The SMILES string of the molecule is CCCC(Sc1cc(NC(=O)c2cccc(F)c2)c(F)cc1Br)C(=O)OC. The molecule has 4 nitrogen and oxygen atoms in total. The van der Waals surface area contributed by atoms with Crippen molar-refractivity contribution in [1.82, 2.24) is 0 Å². The number of ether oxygens (including phenoxy) is 1. The fourth-order valence-corrected chi connectivity index (χ4v) is 4.12. The van der Waals surface area contributed by atoms with Gasteiger partial charge in [-0.15, -0.1) is 11.8 Å². The van der Waals surface area contributed by atoms with E-state index in [-0.39, 0.29) is 17.2 Å². The van der Waals surface area contributed by atoms with Gasteiger partial charge in [-0.25, -0.2) is 8.78 Å². The maximum absolute atomic E-state index is 14.3. The Labute approximate surface area is 168 Å². The average Bonchev–Trinajstić information content (AvgIpc) is 2.64. The smallest absolute Gasteiger partial charge is 0.319 e. The Balaban J connectivity index is 2.26. The predicted molar refractivity (Wildman–Crippen MR) is 105 cm³/mol. The first-order valence-corrected chi connectivity index (χ1v) is 9.83. The van der Waals surface area contributed by atoms with Crippen molar-refractivity contribution in [2.75, 3.05) is 12.4 Å². The lowest BCUT2D eigenvalue weighted by molar-refractivity contribution is -0.140. The minimum Gasteiger partial charge on any atom is -0.468 e. The molecular formula is C19H18BrF2NO3S. The van der Waals surface area contributed by atoms with Gasteiger partial charge in [-0.3, -0.25) is 9.59 Å². The van der Waals surface area contributed by atoms with E-state index < -0.39 is 22.8 Å². The minimum atomic E-state index is -0.652. The van der Waals surface area contributed by atoms with Crippen LogP contribution in [-0.4, -0.2) is 24.2 Å². The number of halogens is 3. The molecule has 0 aliphatic rings. The Bertz CT molecular complexity index is 848. The van der Waals surface area contributed by atoms with Gasteiger partial charge in [0.05, 0.1) is 12.8 Å². The largest absolute Gasteiger partial charge is 0.468 e. The van der Waals surface area contributed by atoms with E-state index in [1.54, 1.807) is 0 Å². The van der Waals surface area contributed by atoms with E-state index in [0.29, 0.717) is 15.8 Å². The first-order chi connectivity index (χ1) is 12.8. The fourth-order valence-electron chi connectivity index (χ4n) is 2.31. The van der Waals surface area contributed by atoms with Gasteiger partial charge < -0.3 is 10.1 Å². The summed E-state index contributed by atoms with van der Waals surface area (Å²) in [7, 11) is 1.32. The lowest BCUT2D eigenvalue weighted by Gasteiger charge is -2.16. The molecule has 1 atom stereocenters. The van der Waals surface area contributed by atoms with Gasteiger partial charge in [0.1, 0.15) is 16.9 Å². The molecule has 0 saturated carbocycles. The highest BCUT2D eigenvalue weighted by Gasteiger charge is 2.22. The first kappa shape index (κ1) is 21.4. The number of carbonyl (C=O) groups excluding carboxylic acids is 2. The maximum atomic E-state index is 14.3. The second kappa shape index (κ2) is 9.85. The molecular weight excluding hydrogens is 440 g/mol. The van der Waals surface area contributed by atoms with Crippen LogP contribution in [0.25, 0.3) is 0 Å². The number of methoxy groups -OCH3 is 1. The maximum Gasteiger partial charge on any atom is 0.319 e. The molecule has 27 heavy (non-hydrogen) atoms. The normalized spacial score (nSPS) is 11.7. The number of anilines is 1. The summed E-state index contributed by atoms with van der Waals surface area (Å²) in [5.41, 5.74) is 0.0139. The van der Waals surface area contributed by atoms with Crippen LogP contribution >= 0.6 is 27.7 Å². The van der Waals surface area contributed by atoms with Crippen LogP contribution in [0.3, 0.4) is 0 Å². The highest BCUT2D eigenvalue weighted by molar-refractivity contribution is 9.10. The van der Waals surface area contributed by atoms with Crippen molar-refractivity contribution in [1.29, 1.82) is 0 Å². The molecule has 2 aromatic carbocycles. The van der Waals surface area contributed by atoms with Crippen LogP contribution in [0.2, 0.25) is 0 Å². The Morgan fingerprint density at radius 1 is 1.26 bits per heavy atom. The summed E-state index contributed by atoms with van der Waals surface area (Å²) in [5.74, 6) is -2.22. The Kier molecular flexibility index (Phi) is 7.79. The van der Waals surface area contributed by atoms with E-state index in [1.807, 2.05) is 6.92 Å². The van der Waals surface area contributed by atoms with E-state index in [1.165, 1.54) is 49.2 Å². The molecule has 0 heterocycles. The fraction of sp³-hybridized carbons (Fsp3) is 0.263. The molecule has 1 amide bonds. The van der Waals surface area contributed by atoms with Crippen molar-refractivity contribution in [2.24, 2.45) is 0 Å². The Hall–Kier alpha value is -1.93. The van der Waals surface area contributed by atoms with Crippen molar-refractivity contribution in [3.8, 4) is 0 Å². The molecule has 1 unspecified atom stereocenters. The monoisotopic (exact) mass is 457 g/mol. The molecule has 0 saturated heterocycles. The van der Waals surface area contributed by atoms with Crippen LogP contribution in [0.15, 0.2) is 45.8 Å². The van der Waals surface area contributed by atoms with Gasteiger partial charge in [0.15, 0.2) is 0 Å². The number of hydrogen-bond acceptors (Lipinski definition) is 4. The number of benzene rings is 2. The number of thioether (sulfide) groups is 1. The summed E-state index contributed by atoms with van der Waals surface area (Å²) >= 11 is 4.50. The number of carbonyl (C=O) groups is 2. The zero-order valence-corrected chi connectivity index (χ0v) is 17.1. The molecule has 144 valence electrons. The van der Waals surface area contributed by atoms with Gasteiger partial charge in [-0.1, -0.05) is 19.4 Å². The highest BCUT2D eigenvalue weighted by Crippen LogP contribution is 2.36. The van der Waals surface area contributed by atoms with Crippen LogP contribution in [0.4, 0.5) is 14.5 Å². The molecule has 1 N–H and O–H groups in total. The van der Waals surface area contributed by atoms with Gasteiger partial charge in [-0.2, -0.15) is 0 Å². The summed E-state index contributed by atoms with van der Waals surface area (Å²) in [6, 6.07) is 7.76. The number of hydrogen-bond donors (Lipinski definition) is 1. The lowest BCUT2D eigenvalue weighted by Crippen LogP contribution is -2.18. The Morgan fingerprint density at radius 2 is 2.00 bits per heavy atom. The van der Waals surface area contributed by atoms with Gasteiger partial charge in [0, 0.05) is 14.9 Å². The van der Waals surface area contributed by atoms with Crippen molar-refractivity contribution in [2.45, 2.75) is 29.9 Å². The number of rotatable bonds is 7. The van der Waals surface area contributed by atoms with Gasteiger partial charge >= 0.3 is 5.97 Å². The van der Waals surface area contributed by atoms with Crippen LogP contribution in [0.5, 0.6) is 0 Å². The highest BCUT2D eigenvalue weighted by atomic mass is 79.9. The summed E-state index contributed by atoms with van der Waals surface area (Å²) in [4.78, 5) is 24.8. The lowest BCUT2D eigenvalue weighted by atomic mass is 10.2. The molecule has 0 radical (unpaired) electrons. The third kappa shape index (κ3) is 5.77. The summed E-state index contributed by atoms with van der Waals surface area (Å²) in [5, 5.41) is 1.99. The summed E-state index contributed by atoms with van der Waals surface area (Å²) < 4.78 is 32.8. The van der Waals surface area contributed by atoms with Crippen molar-refractivity contribution >= 4 is 45.3 Å². The quantitative estimate of drug-likeness (QED) is 0.445. The second-order valence-electron chi connectivity index (χ2n) is 5.65. The van der Waals surface area contributed by atoms with E-state index in [0.717, 1.165) is 12.5 Å². The van der Waals surface area contributed by atoms with Crippen LogP contribution in [0.1, 0.15) is 30.1 Å². The topological polar surface area (TPSA) is 55.4 Å². The van der Waals surface area contributed by atoms with Gasteiger partial charge in [-0.05, 0) is 52.7 Å². The predicted octanol–water partition coefficient (Wildman–Crippen LogP) is 5.41. The number of nitrogens with one attached hydrogen (secondary N) is 1. The third-order valence-corrected chi connectivity index (χ3v) is 5.86. The second-order valence-corrected chi connectivity index (χ2v) is 7.74. The molecule has 2 aromatic rings. The average molecular weight is 458 g/mol. The molecule has 0 aliphatic heterocycles. The molecule has 8 heteroatoms. The van der Waals surface area contributed by atoms with Crippen LogP contribution < -0.4 is 5.32 Å². The molecule has 0 spiro atoms. The van der Waals surface area contributed by atoms with E-state index in [2.05, 4.69) is 21.2 Å². The standard InChI is InChI=1S/C19H18BrF2NO3S/c1-3-5-16(19(25)26-2)27-17-10-15(14(22)9-13(17)20)23-18(24)11-6-4-7-12(21)8-11/h4,6-10,16H,3,5H2,1-2H3,(H,23,24). The van der Waals surface area contributed by atoms with E-state index in [9.17, 15) is 18.4 Å². The van der Waals surface area contributed by atoms with Crippen molar-refractivity contribution in [3.05, 3.63) is 58.1 Å². The molecule has 0 aliphatic carbocycles. The van der Waals surface area contributed by atoms with Crippen LogP contribution in [-0.2, 0) is 9.53 Å². The third-order valence-electron chi connectivity index (χ3n) is 3.64. The van der Waals surface area contributed by atoms with Gasteiger partial charge in [0.2, 0.25) is 0 Å². The number of esters is 1. The first-order valence-electron chi connectivity index (χ1n) is 8.16. The number of amides is 1. The van der Waals surface area contributed by atoms with Gasteiger partial charge in [0.25, 0.3) is 5.91 Å². The molecule has 0 bridgehead atoms. The summed E-state index contributed by atoms with van der Waals surface area (Å²) in [6.45, 7) is 1.95. The molecule has 0 fully saturated rings. The zero-order chi connectivity index (χ0) is 20.0. The van der Waals surface area contributed by atoms with E-state index >= 15 is 0 Å². The van der Waals surface area contributed by atoms with Crippen LogP contribution in [0, 0.1) is 11.6 Å². The van der Waals surface area contributed by atoms with E-state index in [4.69, 9.17) is 4.74 Å². The van der Waals surface area contributed by atoms with Crippen molar-refractivity contribution < 1.29 is 23.1 Å².